The molecule has 2 heterocycles. The lowest BCUT2D eigenvalue weighted by atomic mass is 10.2. The second-order valence-electron chi connectivity index (χ2n) is 4.69. The molecule has 0 aliphatic heterocycles. The Labute approximate surface area is 123 Å². The van der Waals surface area contributed by atoms with Crippen LogP contribution in [0.3, 0.4) is 0 Å². The van der Waals surface area contributed by atoms with E-state index >= 15 is 0 Å². The largest absolute Gasteiger partial charge is 0.459 e. The van der Waals surface area contributed by atoms with E-state index in [0.717, 1.165) is 15.9 Å². The minimum atomic E-state index is -0.668. The van der Waals surface area contributed by atoms with Gasteiger partial charge in [-0.1, -0.05) is 0 Å². The first-order valence-electron chi connectivity index (χ1n) is 6.21. The van der Waals surface area contributed by atoms with Gasteiger partial charge in [0.1, 0.15) is 16.3 Å². The fourth-order valence-corrected chi connectivity index (χ4v) is 3.00. The molecular weight excluding hydrogens is 294 g/mol. The summed E-state index contributed by atoms with van der Waals surface area (Å²) in [5.74, 6) is -0.532. The molecule has 2 rings (SSSR count). The SMILES string of the molecule is Cc1c(C(=O)OC(C)C)sc2[nH]c(=O)n(CC#N)c(=O)c12. The average Bonchev–Trinajstić information content (AvgIpc) is 2.71. The molecule has 0 aromatic carbocycles. The molecule has 110 valence electrons. The van der Waals surface area contributed by atoms with Crippen LogP contribution in [0.15, 0.2) is 9.59 Å². The van der Waals surface area contributed by atoms with Crippen molar-refractivity contribution in [1.29, 1.82) is 5.26 Å². The maximum atomic E-state index is 12.3. The van der Waals surface area contributed by atoms with Crippen molar-refractivity contribution < 1.29 is 9.53 Å². The van der Waals surface area contributed by atoms with Gasteiger partial charge in [-0.25, -0.2) is 14.2 Å². The number of aromatic nitrogens is 2. The summed E-state index contributed by atoms with van der Waals surface area (Å²) in [5, 5.41) is 8.91. The van der Waals surface area contributed by atoms with Crippen molar-refractivity contribution in [3.8, 4) is 6.07 Å². The highest BCUT2D eigenvalue weighted by atomic mass is 32.1. The van der Waals surface area contributed by atoms with E-state index in [1.165, 1.54) is 0 Å². The highest BCUT2D eigenvalue weighted by Crippen LogP contribution is 2.27. The van der Waals surface area contributed by atoms with Gasteiger partial charge in [-0.15, -0.1) is 11.3 Å². The molecule has 2 aromatic rings. The molecule has 0 aliphatic rings. The number of rotatable bonds is 3. The Hall–Kier alpha value is -2.40. The van der Waals surface area contributed by atoms with Crippen molar-refractivity contribution in [2.24, 2.45) is 0 Å². The molecule has 0 aliphatic carbocycles. The summed E-state index contributed by atoms with van der Waals surface area (Å²) < 4.78 is 5.92. The third-order valence-electron chi connectivity index (χ3n) is 2.83. The van der Waals surface area contributed by atoms with Gasteiger partial charge >= 0.3 is 11.7 Å². The Morgan fingerprint density at radius 1 is 1.48 bits per heavy atom. The van der Waals surface area contributed by atoms with Crippen LogP contribution >= 0.6 is 11.3 Å². The number of esters is 1. The molecule has 0 fully saturated rings. The van der Waals surface area contributed by atoms with Crippen molar-refractivity contribution in [1.82, 2.24) is 9.55 Å². The lowest BCUT2D eigenvalue weighted by Crippen LogP contribution is -2.34. The van der Waals surface area contributed by atoms with Crippen LogP contribution in [0.5, 0.6) is 0 Å². The number of fused-ring (bicyclic) bond motifs is 1. The van der Waals surface area contributed by atoms with Crippen LogP contribution < -0.4 is 11.2 Å². The molecule has 1 N–H and O–H groups in total. The van der Waals surface area contributed by atoms with Crippen molar-refractivity contribution in [3.63, 3.8) is 0 Å². The summed E-state index contributed by atoms with van der Waals surface area (Å²) in [6, 6.07) is 1.76. The number of ether oxygens (including phenoxy) is 1. The third-order valence-corrected chi connectivity index (χ3v) is 4.02. The molecule has 8 heteroatoms. The van der Waals surface area contributed by atoms with Crippen LogP contribution in [0.25, 0.3) is 10.2 Å². The van der Waals surface area contributed by atoms with E-state index in [0.29, 0.717) is 10.4 Å². The molecule has 0 bridgehead atoms. The molecule has 0 spiro atoms. The number of hydrogen-bond donors (Lipinski definition) is 1. The van der Waals surface area contributed by atoms with Gasteiger partial charge < -0.3 is 4.74 Å². The molecule has 0 amide bonds. The number of nitrogens with one attached hydrogen (secondary N) is 1. The zero-order valence-electron chi connectivity index (χ0n) is 11.7. The summed E-state index contributed by atoms with van der Waals surface area (Å²) in [6.45, 7) is 4.72. The number of nitrogens with zero attached hydrogens (tertiary/aromatic N) is 2. The van der Waals surface area contributed by atoms with Crippen LogP contribution in [0.4, 0.5) is 0 Å². The fourth-order valence-electron chi connectivity index (χ4n) is 1.93. The highest BCUT2D eigenvalue weighted by Gasteiger charge is 2.21. The lowest BCUT2D eigenvalue weighted by molar-refractivity contribution is 0.0383. The molecule has 2 aromatic heterocycles. The lowest BCUT2D eigenvalue weighted by Gasteiger charge is -2.06. The predicted octanol–water partition coefficient (Wildman–Crippen LogP) is 1.15. The van der Waals surface area contributed by atoms with Crippen LogP contribution in [0, 0.1) is 18.3 Å². The van der Waals surface area contributed by atoms with E-state index in [1.54, 1.807) is 26.8 Å². The topological polar surface area (TPSA) is 105 Å². The Morgan fingerprint density at radius 2 is 2.14 bits per heavy atom. The Kier molecular flexibility index (Phi) is 3.95. The molecule has 0 saturated carbocycles. The molecule has 7 nitrogen and oxygen atoms in total. The number of aromatic amines is 1. The van der Waals surface area contributed by atoms with E-state index in [1.807, 2.05) is 0 Å². The predicted molar refractivity (Wildman–Crippen MR) is 77.6 cm³/mol. The molecule has 0 radical (unpaired) electrons. The van der Waals surface area contributed by atoms with E-state index < -0.39 is 17.2 Å². The van der Waals surface area contributed by atoms with Crippen molar-refractivity contribution in [2.45, 2.75) is 33.4 Å². The van der Waals surface area contributed by atoms with E-state index in [4.69, 9.17) is 10.00 Å². The molecule has 0 saturated heterocycles. The summed E-state index contributed by atoms with van der Waals surface area (Å²) in [7, 11) is 0. The minimum Gasteiger partial charge on any atom is -0.459 e. The number of carbonyl (C=O) groups is 1. The van der Waals surface area contributed by atoms with Gasteiger partial charge in [0.15, 0.2) is 0 Å². The van der Waals surface area contributed by atoms with Gasteiger partial charge in [0, 0.05) is 0 Å². The summed E-state index contributed by atoms with van der Waals surface area (Å²) in [6.07, 6.45) is -0.281. The number of aryl methyl sites for hydroxylation is 1. The number of nitriles is 1. The van der Waals surface area contributed by atoms with Crippen LogP contribution in [0.2, 0.25) is 0 Å². The zero-order valence-corrected chi connectivity index (χ0v) is 12.5. The second-order valence-corrected chi connectivity index (χ2v) is 5.71. The Bertz CT molecular complexity index is 866. The van der Waals surface area contributed by atoms with Gasteiger partial charge in [0.2, 0.25) is 0 Å². The van der Waals surface area contributed by atoms with Crippen molar-refractivity contribution in [3.05, 3.63) is 31.3 Å². The van der Waals surface area contributed by atoms with Crippen LogP contribution in [0.1, 0.15) is 29.1 Å². The maximum absolute atomic E-state index is 12.3. The first-order valence-corrected chi connectivity index (χ1v) is 7.02. The van der Waals surface area contributed by atoms with Crippen molar-refractivity contribution in [2.75, 3.05) is 0 Å². The second kappa shape index (κ2) is 5.54. The monoisotopic (exact) mass is 307 g/mol. The fraction of sp³-hybridized carbons (Fsp3) is 0.385. The summed E-state index contributed by atoms with van der Waals surface area (Å²) in [5.41, 5.74) is -0.791. The van der Waals surface area contributed by atoms with E-state index in [-0.39, 0.29) is 22.9 Å². The number of carbonyl (C=O) groups excluding carboxylic acids is 1. The van der Waals surface area contributed by atoms with Gasteiger partial charge in [0.25, 0.3) is 5.56 Å². The van der Waals surface area contributed by atoms with Crippen LogP contribution in [-0.2, 0) is 11.3 Å². The van der Waals surface area contributed by atoms with Gasteiger partial charge in [0.05, 0.1) is 17.6 Å². The summed E-state index contributed by atoms with van der Waals surface area (Å²) >= 11 is 1.00. The zero-order chi connectivity index (χ0) is 15.7. The molecule has 21 heavy (non-hydrogen) atoms. The van der Waals surface area contributed by atoms with Crippen LogP contribution in [-0.4, -0.2) is 21.6 Å². The Balaban J connectivity index is 2.71. The van der Waals surface area contributed by atoms with E-state index in [2.05, 4.69) is 4.98 Å². The minimum absolute atomic E-state index is 0.241. The third kappa shape index (κ3) is 2.60. The van der Waals surface area contributed by atoms with Gasteiger partial charge in [-0.2, -0.15) is 5.26 Å². The normalized spacial score (nSPS) is 10.8. The van der Waals surface area contributed by atoms with Gasteiger partial charge in [-0.05, 0) is 26.3 Å². The smallest absolute Gasteiger partial charge is 0.348 e. The Morgan fingerprint density at radius 3 is 2.71 bits per heavy atom. The summed E-state index contributed by atoms with van der Waals surface area (Å²) in [4.78, 5) is 39.1. The molecule has 0 atom stereocenters. The maximum Gasteiger partial charge on any atom is 0.348 e. The molecular formula is C13H13N3O4S. The van der Waals surface area contributed by atoms with Crippen molar-refractivity contribution >= 4 is 27.5 Å². The quantitative estimate of drug-likeness (QED) is 0.856. The standard InChI is InChI=1S/C13H13N3O4S/c1-6(2)20-12(18)9-7(3)8-10(21-9)15-13(19)16(5-4-14)11(8)17/h6H,5H2,1-3H3,(H,15,19). The number of hydrogen-bond acceptors (Lipinski definition) is 6. The average molecular weight is 307 g/mol. The first kappa shape index (κ1) is 15.0. The first-order chi connectivity index (χ1) is 9.86. The highest BCUT2D eigenvalue weighted by molar-refractivity contribution is 7.20. The number of H-pyrrole nitrogens is 1. The van der Waals surface area contributed by atoms with Gasteiger partial charge in [-0.3, -0.25) is 9.78 Å². The molecule has 0 unspecified atom stereocenters. The van der Waals surface area contributed by atoms with E-state index in [9.17, 15) is 14.4 Å². The number of thiophene rings is 1.